The van der Waals surface area contributed by atoms with Gasteiger partial charge in [0, 0.05) is 36.9 Å². The lowest BCUT2D eigenvalue weighted by Crippen LogP contribution is -2.50. The van der Waals surface area contributed by atoms with E-state index in [1.807, 2.05) is 36.1 Å². The Hall–Kier alpha value is -2.37. The number of benzene rings is 2. The molecule has 1 N–H and O–H groups in total. The van der Waals surface area contributed by atoms with Gasteiger partial charge in [0.05, 0.1) is 13.0 Å². The maximum atomic E-state index is 12.5. The molecule has 1 heterocycles. The van der Waals surface area contributed by atoms with E-state index in [2.05, 4.69) is 10.2 Å². The van der Waals surface area contributed by atoms with Gasteiger partial charge in [-0.1, -0.05) is 41.4 Å². The fourth-order valence-electron chi connectivity index (χ4n) is 3.08. The lowest BCUT2D eigenvalue weighted by molar-refractivity contribution is -0.132. The summed E-state index contributed by atoms with van der Waals surface area (Å²) in [4.78, 5) is 28.6. The van der Waals surface area contributed by atoms with E-state index >= 15 is 0 Å². The number of anilines is 1. The quantitative estimate of drug-likeness (QED) is 0.860. The van der Waals surface area contributed by atoms with Gasteiger partial charge in [-0.15, -0.1) is 0 Å². The molecule has 0 aliphatic carbocycles. The van der Waals surface area contributed by atoms with E-state index in [-0.39, 0.29) is 11.8 Å². The van der Waals surface area contributed by atoms with Gasteiger partial charge in [0.25, 0.3) is 0 Å². The third kappa shape index (κ3) is 5.81. The van der Waals surface area contributed by atoms with Gasteiger partial charge in [0.1, 0.15) is 0 Å². The van der Waals surface area contributed by atoms with Crippen molar-refractivity contribution in [2.45, 2.75) is 13.3 Å². The van der Waals surface area contributed by atoms with E-state index in [4.69, 9.17) is 11.6 Å². The maximum Gasteiger partial charge on any atom is 0.238 e. The van der Waals surface area contributed by atoms with Crippen molar-refractivity contribution in [3.8, 4) is 0 Å². The lowest BCUT2D eigenvalue weighted by atomic mass is 10.1. The zero-order valence-corrected chi connectivity index (χ0v) is 16.2. The summed E-state index contributed by atoms with van der Waals surface area (Å²) in [6, 6.07) is 15.1. The Bertz CT molecular complexity index is 782. The third-order valence-corrected chi connectivity index (χ3v) is 4.95. The maximum absolute atomic E-state index is 12.5. The first-order valence-corrected chi connectivity index (χ1v) is 9.48. The van der Waals surface area contributed by atoms with Crippen LogP contribution >= 0.6 is 11.6 Å². The average molecular weight is 386 g/mol. The molecule has 5 nitrogen and oxygen atoms in total. The summed E-state index contributed by atoms with van der Waals surface area (Å²) in [5, 5.41) is 3.51. The second kappa shape index (κ2) is 9.02. The fourth-order valence-corrected chi connectivity index (χ4v) is 3.21. The van der Waals surface area contributed by atoms with Gasteiger partial charge in [-0.05, 0) is 36.8 Å². The van der Waals surface area contributed by atoms with Crippen LogP contribution in [0.5, 0.6) is 0 Å². The Balaban J connectivity index is 1.42. The average Bonchev–Trinajstić information content (AvgIpc) is 2.66. The molecule has 0 unspecified atom stereocenters. The number of carbonyl (C=O) groups is 2. The van der Waals surface area contributed by atoms with Crippen LogP contribution in [0.4, 0.5) is 5.69 Å². The molecule has 1 aliphatic rings. The molecule has 3 rings (SSSR count). The van der Waals surface area contributed by atoms with E-state index < -0.39 is 0 Å². The Morgan fingerprint density at radius 3 is 2.22 bits per heavy atom. The summed E-state index contributed by atoms with van der Waals surface area (Å²) in [7, 11) is 0. The van der Waals surface area contributed by atoms with Crippen molar-refractivity contribution in [3.63, 3.8) is 0 Å². The van der Waals surface area contributed by atoms with Crippen LogP contribution in [-0.4, -0.2) is 54.3 Å². The Morgan fingerprint density at radius 2 is 1.59 bits per heavy atom. The molecule has 1 saturated heterocycles. The Labute approximate surface area is 164 Å². The molecular formula is C21H24ClN3O2. The highest BCUT2D eigenvalue weighted by atomic mass is 35.5. The molecule has 142 valence electrons. The first-order chi connectivity index (χ1) is 13.0. The molecule has 1 aliphatic heterocycles. The zero-order valence-electron chi connectivity index (χ0n) is 15.5. The number of nitrogens with one attached hydrogen (secondary N) is 1. The normalized spacial score (nSPS) is 14.8. The molecular weight excluding hydrogens is 362 g/mol. The number of rotatable bonds is 5. The molecule has 2 amide bonds. The van der Waals surface area contributed by atoms with Crippen molar-refractivity contribution in [3.05, 3.63) is 64.7 Å². The van der Waals surface area contributed by atoms with Crippen LogP contribution in [0, 0.1) is 6.92 Å². The highest BCUT2D eigenvalue weighted by Gasteiger charge is 2.22. The van der Waals surface area contributed by atoms with E-state index in [0.29, 0.717) is 44.2 Å². The van der Waals surface area contributed by atoms with E-state index in [0.717, 1.165) is 11.3 Å². The van der Waals surface area contributed by atoms with Gasteiger partial charge in [0.2, 0.25) is 11.8 Å². The van der Waals surface area contributed by atoms with Crippen molar-refractivity contribution >= 4 is 29.1 Å². The second-order valence-electron chi connectivity index (χ2n) is 6.87. The lowest BCUT2D eigenvalue weighted by Gasteiger charge is -2.34. The summed E-state index contributed by atoms with van der Waals surface area (Å²) < 4.78 is 0. The summed E-state index contributed by atoms with van der Waals surface area (Å²) in [6.07, 6.45) is 0.428. The number of amides is 2. The van der Waals surface area contributed by atoms with Crippen LogP contribution in [-0.2, 0) is 16.0 Å². The van der Waals surface area contributed by atoms with Gasteiger partial charge in [-0.25, -0.2) is 0 Å². The molecule has 0 bridgehead atoms. The molecule has 1 fully saturated rings. The number of hydrogen-bond donors (Lipinski definition) is 1. The fraction of sp³-hybridized carbons (Fsp3) is 0.333. The molecule has 2 aromatic rings. The summed E-state index contributed by atoms with van der Waals surface area (Å²) in [5.41, 5.74) is 2.96. The van der Waals surface area contributed by atoms with Crippen LogP contribution in [0.2, 0.25) is 5.02 Å². The number of halogens is 1. The topological polar surface area (TPSA) is 52.7 Å². The Morgan fingerprint density at radius 1 is 0.963 bits per heavy atom. The Kier molecular flexibility index (Phi) is 6.48. The molecule has 0 radical (unpaired) electrons. The van der Waals surface area contributed by atoms with Crippen LogP contribution in [0.25, 0.3) is 0 Å². The highest BCUT2D eigenvalue weighted by molar-refractivity contribution is 6.30. The molecule has 0 atom stereocenters. The van der Waals surface area contributed by atoms with E-state index in [1.165, 1.54) is 5.56 Å². The van der Waals surface area contributed by atoms with Gasteiger partial charge < -0.3 is 10.2 Å². The third-order valence-electron chi connectivity index (χ3n) is 4.70. The van der Waals surface area contributed by atoms with Gasteiger partial charge in [-0.2, -0.15) is 0 Å². The molecule has 27 heavy (non-hydrogen) atoms. The molecule has 2 aromatic carbocycles. The summed E-state index contributed by atoms with van der Waals surface area (Å²) in [5.74, 6) is 0.0841. The monoisotopic (exact) mass is 385 g/mol. The van der Waals surface area contributed by atoms with E-state index in [1.54, 1.807) is 24.3 Å². The second-order valence-corrected chi connectivity index (χ2v) is 7.31. The standard InChI is InChI=1S/C21H24ClN3O2/c1-16-2-4-17(5-3-16)14-21(27)25-12-10-24(11-13-25)15-20(26)23-19-8-6-18(22)7-9-19/h2-9H,10-15H2,1H3,(H,23,26). The van der Waals surface area contributed by atoms with Gasteiger partial charge in [0.15, 0.2) is 0 Å². The number of aryl methyl sites for hydroxylation is 1. The first kappa shape index (κ1) is 19.4. The SMILES string of the molecule is Cc1ccc(CC(=O)N2CCN(CC(=O)Nc3ccc(Cl)cc3)CC2)cc1. The van der Waals surface area contributed by atoms with Crippen LogP contribution in [0.3, 0.4) is 0 Å². The molecule has 6 heteroatoms. The van der Waals surface area contributed by atoms with Crippen molar-refractivity contribution in [2.24, 2.45) is 0 Å². The largest absolute Gasteiger partial charge is 0.340 e. The molecule has 0 aromatic heterocycles. The zero-order chi connectivity index (χ0) is 19.2. The number of nitrogens with zero attached hydrogens (tertiary/aromatic N) is 2. The van der Waals surface area contributed by atoms with E-state index in [9.17, 15) is 9.59 Å². The van der Waals surface area contributed by atoms with Crippen LogP contribution in [0.1, 0.15) is 11.1 Å². The minimum atomic E-state index is -0.0586. The smallest absolute Gasteiger partial charge is 0.238 e. The minimum Gasteiger partial charge on any atom is -0.340 e. The van der Waals surface area contributed by atoms with Crippen LogP contribution in [0.15, 0.2) is 48.5 Å². The van der Waals surface area contributed by atoms with Crippen LogP contribution < -0.4 is 5.32 Å². The minimum absolute atomic E-state index is 0.0586. The summed E-state index contributed by atoms with van der Waals surface area (Å²) >= 11 is 5.85. The summed E-state index contributed by atoms with van der Waals surface area (Å²) in [6.45, 7) is 5.07. The number of carbonyl (C=O) groups excluding carboxylic acids is 2. The van der Waals surface area contributed by atoms with Crippen molar-refractivity contribution in [1.29, 1.82) is 0 Å². The van der Waals surface area contributed by atoms with Crippen molar-refractivity contribution < 1.29 is 9.59 Å². The van der Waals surface area contributed by atoms with Gasteiger partial charge in [-0.3, -0.25) is 14.5 Å². The predicted molar refractivity (Wildman–Crippen MR) is 108 cm³/mol. The first-order valence-electron chi connectivity index (χ1n) is 9.11. The van der Waals surface area contributed by atoms with Crippen molar-refractivity contribution in [1.82, 2.24) is 9.80 Å². The number of hydrogen-bond acceptors (Lipinski definition) is 3. The van der Waals surface area contributed by atoms with Crippen molar-refractivity contribution in [2.75, 3.05) is 38.0 Å². The number of piperazine rings is 1. The molecule has 0 saturated carbocycles. The molecule has 0 spiro atoms. The highest BCUT2D eigenvalue weighted by Crippen LogP contribution is 2.13. The predicted octanol–water partition coefficient (Wildman–Crippen LogP) is 2.97. The van der Waals surface area contributed by atoms with Gasteiger partial charge >= 0.3 is 0 Å².